The summed E-state index contributed by atoms with van der Waals surface area (Å²) in [6.07, 6.45) is 0. The molecule has 0 aliphatic heterocycles. The molecule has 1 heterocycles. The van der Waals surface area contributed by atoms with Crippen LogP contribution in [0.5, 0.6) is 0 Å². The largest absolute Gasteiger partial charge is 0.350 e. The van der Waals surface area contributed by atoms with E-state index < -0.39 is 8.96 Å². The fourth-order valence-electron chi connectivity index (χ4n) is 4.00. The number of aryl methyl sites for hydroxylation is 1. The predicted octanol–water partition coefficient (Wildman–Crippen LogP) is 4.75. The second-order valence-corrected chi connectivity index (χ2v) is 10.00. The first-order valence-corrected chi connectivity index (χ1v) is 10.5. The van der Waals surface area contributed by atoms with Gasteiger partial charge in [-0.25, -0.2) is 0 Å². The molecule has 1 atom stereocenters. The molecular formula is C19H27N2Si. The van der Waals surface area contributed by atoms with Crippen LogP contribution in [0.1, 0.15) is 43.8 Å². The van der Waals surface area contributed by atoms with Gasteiger partial charge in [0.05, 0.1) is 6.04 Å². The zero-order valence-corrected chi connectivity index (χ0v) is 15.9. The Hall–Kier alpha value is -1.32. The quantitative estimate of drug-likeness (QED) is 0.726. The molecule has 22 heavy (non-hydrogen) atoms. The van der Waals surface area contributed by atoms with Gasteiger partial charge in [0.25, 0.3) is 0 Å². The molecule has 2 nitrogen and oxygen atoms in total. The van der Waals surface area contributed by atoms with Crippen LogP contribution in [-0.2, 0) is 7.05 Å². The van der Waals surface area contributed by atoms with Crippen LogP contribution in [-0.4, -0.2) is 23.6 Å². The Morgan fingerprint density at radius 1 is 1.09 bits per heavy atom. The van der Waals surface area contributed by atoms with Crippen LogP contribution in [0.2, 0.25) is 13.1 Å². The summed E-state index contributed by atoms with van der Waals surface area (Å²) in [5, 5.41) is 0. The third-order valence-corrected chi connectivity index (χ3v) is 6.68. The monoisotopic (exact) mass is 311 g/mol. The van der Waals surface area contributed by atoms with E-state index in [9.17, 15) is 0 Å². The molecule has 1 aliphatic rings. The minimum atomic E-state index is -0.584. The Kier molecular flexibility index (Phi) is 3.61. The zero-order valence-electron chi connectivity index (χ0n) is 14.9. The average Bonchev–Trinajstić information content (AvgIpc) is 2.86. The number of rotatable bonds is 2. The number of benzene rings is 1. The molecule has 0 saturated carbocycles. The lowest BCUT2D eigenvalue weighted by atomic mass is 10.0. The molecule has 0 spiro atoms. The Balaban J connectivity index is 2.27. The molecule has 3 heteroatoms. The Morgan fingerprint density at radius 2 is 1.73 bits per heavy atom. The minimum Gasteiger partial charge on any atom is -0.350 e. The first-order chi connectivity index (χ1) is 10.2. The lowest BCUT2D eigenvalue weighted by molar-refractivity contribution is 0.207. The SMILES string of the molecule is Cc1cc2c(n1C)C(N([Si](C)C)C(C)(C)C)c1ccccc1-2. The Morgan fingerprint density at radius 3 is 2.32 bits per heavy atom. The Labute approximate surface area is 136 Å². The summed E-state index contributed by atoms with van der Waals surface area (Å²) in [7, 11) is 1.63. The van der Waals surface area contributed by atoms with E-state index in [-0.39, 0.29) is 5.54 Å². The summed E-state index contributed by atoms with van der Waals surface area (Å²) in [6.45, 7) is 14.1. The molecule has 1 unspecified atom stereocenters. The maximum Gasteiger partial charge on any atom is 0.131 e. The average molecular weight is 312 g/mol. The van der Waals surface area contributed by atoms with Gasteiger partial charge in [-0.15, -0.1) is 0 Å². The van der Waals surface area contributed by atoms with Gasteiger partial charge >= 0.3 is 0 Å². The fraction of sp³-hybridized carbons (Fsp3) is 0.474. The molecule has 1 radical (unpaired) electrons. The molecule has 0 N–H and O–H groups in total. The van der Waals surface area contributed by atoms with Crippen LogP contribution in [0.3, 0.4) is 0 Å². The molecule has 0 bridgehead atoms. The highest BCUT2D eigenvalue weighted by molar-refractivity contribution is 6.53. The standard InChI is InChI=1S/C19H27N2Si/c1-13-12-16-14-10-8-9-11-15(14)18(17(16)20(13)5)21(22(6)7)19(2,3)4/h8-12,18H,1-7H3. The van der Waals surface area contributed by atoms with Crippen molar-refractivity contribution in [2.24, 2.45) is 7.05 Å². The lowest BCUT2D eigenvalue weighted by Crippen LogP contribution is -2.50. The van der Waals surface area contributed by atoms with Crippen molar-refractivity contribution < 1.29 is 0 Å². The van der Waals surface area contributed by atoms with Gasteiger partial charge in [0.15, 0.2) is 0 Å². The fourth-order valence-corrected chi connectivity index (χ4v) is 6.12. The third kappa shape index (κ3) is 2.19. The molecule has 0 fully saturated rings. The van der Waals surface area contributed by atoms with E-state index in [1.165, 1.54) is 28.1 Å². The molecule has 2 aromatic rings. The van der Waals surface area contributed by atoms with Gasteiger partial charge in [0.1, 0.15) is 8.96 Å². The summed E-state index contributed by atoms with van der Waals surface area (Å²) in [5.41, 5.74) is 7.31. The van der Waals surface area contributed by atoms with Crippen molar-refractivity contribution in [1.29, 1.82) is 0 Å². The van der Waals surface area contributed by atoms with E-state index in [0.29, 0.717) is 6.04 Å². The molecule has 3 rings (SSSR count). The number of hydrogen-bond acceptors (Lipinski definition) is 1. The number of nitrogens with zero attached hydrogens (tertiary/aromatic N) is 2. The van der Waals surface area contributed by atoms with Gasteiger partial charge < -0.3 is 9.13 Å². The lowest BCUT2D eigenvalue weighted by Gasteiger charge is -2.43. The van der Waals surface area contributed by atoms with E-state index in [1.807, 2.05) is 0 Å². The van der Waals surface area contributed by atoms with Crippen LogP contribution >= 0.6 is 0 Å². The minimum absolute atomic E-state index is 0.162. The molecule has 1 aromatic carbocycles. The van der Waals surface area contributed by atoms with E-state index >= 15 is 0 Å². The van der Waals surface area contributed by atoms with Crippen LogP contribution in [0, 0.1) is 6.92 Å². The number of fused-ring (bicyclic) bond motifs is 3. The van der Waals surface area contributed by atoms with E-state index in [2.05, 4.69) is 87.3 Å². The van der Waals surface area contributed by atoms with Crippen LogP contribution in [0.25, 0.3) is 11.1 Å². The third-order valence-electron chi connectivity index (χ3n) is 4.79. The van der Waals surface area contributed by atoms with E-state index in [4.69, 9.17) is 0 Å². The number of hydrogen-bond donors (Lipinski definition) is 0. The molecule has 0 amide bonds. The van der Waals surface area contributed by atoms with Crippen LogP contribution in [0.4, 0.5) is 0 Å². The van der Waals surface area contributed by atoms with Gasteiger partial charge in [-0.3, -0.25) is 0 Å². The van der Waals surface area contributed by atoms with Gasteiger partial charge in [-0.05, 0) is 44.9 Å². The summed E-state index contributed by atoms with van der Waals surface area (Å²) >= 11 is 0. The molecule has 1 aliphatic carbocycles. The summed E-state index contributed by atoms with van der Waals surface area (Å²) in [5.74, 6) is 0. The molecule has 117 valence electrons. The summed E-state index contributed by atoms with van der Waals surface area (Å²) < 4.78 is 5.14. The van der Waals surface area contributed by atoms with Gasteiger partial charge in [-0.2, -0.15) is 0 Å². The van der Waals surface area contributed by atoms with Gasteiger partial charge in [0, 0.05) is 29.5 Å². The highest BCUT2D eigenvalue weighted by atomic mass is 28.3. The second-order valence-electron chi connectivity index (χ2n) is 7.62. The molecular weight excluding hydrogens is 284 g/mol. The van der Waals surface area contributed by atoms with E-state index in [1.54, 1.807) is 0 Å². The topological polar surface area (TPSA) is 8.17 Å². The maximum absolute atomic E-state index is 2.75. The van der Waals surface area contributed by atoms with Crippen molar-refractivity contribution in [3.63, 3.8) is 0 Å². The Bertz CT molecular complexity index is 707. The van der Waals surface area contributed by atoms with E-state index in [0.717, 1.165) is 0 Å². The van der Waals surface area contributed by atoms with Crippen molar-refractivity contribution in [1.82, 2.24) is 9.13 Å². The molecule has 1 aromatic heterocycles. The van der Waals surface area contributed by atoms with Crippen molar-refractivity contribution in [2.45, 2.75) is 52.4 Å². The van der Waals surface area contributed by atoms with Gasteiger partial charge in [0.2, 0.25) is 0 Å². The molecule has 0 saturated heterocycles. The maximum atomic E-state index is 2.75. The first-order valence-electron chi connectivity index (χ1n) is 8.08. The van der Waals surface area contributed by atoms with Crippen molar-refractivity contribution in [2.75, 3.05) is 0 Å². The van der Waals surface area contributed by atoms with Crippen molar-refractivity contribution in [3.05, 3.63) is 47.3 Å². The number of aromatic nitrogens is 1. The smallest absolute Gasteiger partial charge is 0.131 e. The summed E-state index contributed by atoms with van der Waals surface area (Å²) in [6, 6.07) is 11.7. The first kappa shape index (κ1) is 15.6. The zero-order chi connectivity index (χ0) is 16.2. The highest BCUT2D eigenvalue weighted by Crippen LogP contribution is 2.49. The predicted molar refractivity (Wildman–Crippen MR) is 96.5 cm³/mol. The van der Waals surface area contributed by atoms with Gasteiger partial charge in [-0.1, -0.05) is 37.4 Å². The normalized spacial score (nSPS) is 17.2. The highest BCUT2D eigenvalue weighted by Gasteiger charge is 2.41. The van der Waals surface area contributed by atoms with Crippen molar-refractivity contribution >= 4 is 8.96 Å². The second kappa shape index (κ2) is 5.10. The van der Waals surface area contributed by atoms with Crippen LogP contribution < -0.4 is 0 Å². The van der Waals surface area contributed by atoms with Crippen LogP contribution in [0.15, 0.2) is 30.3 Å². The summed E-state index contributed by atoms with van der Waals surface area (Å²) in [4.78, 5) is 0. The van der Waals surface area contributed by atoms with Crippen molar-refractivity contribution in [3.8, 4) is 11.1 Å².